The highest BCUT2D eigenvalue weighted by molar-refractivity contribution is 7.99. The molecule has 0 amide bonds. The average Bonchev–Trinajstić information content (AvgIpc) is 2.19. The van der Waals surface area contributed by atoms with E-state index in [2.05, 4.69) is 12.1 Å². The number of hydrogen-bond acceptors (Lipinski definition) is 3. The molecule has 15 heavy (non-hydrogen) atoms. The summed E-state index contributed by atoms with van der Waals surface area (Å²) >= 11 is 1.90. The predicted octanol–water partition coefficient (Wildman–Crippen LogP) is 2.82. The van der Waals surface area contributed by atoms with Gasteiger partial charge in [-0.1, -0.05) is 0 Å². The van der Waals surface area contributed by atoms with E-state index in [4.69, 9.17) is 9.47 Å². The fourth-order valence-corrected chi connectivity index (χ4v) is 2.34. The first kappa shape index (κ1) is 10.8. The lowest BCUT2D eigenvalue weighted by molar-refractivity contribution is -0.0196. The van der Waals surface area contributed by atoms with E-state index in [0.717, 1.165) is 37.2 Å². The van der Waals surface area contributed by atoms with E-state index in [1.54, 1.807) is 0 Å². The van der Waals surface area contributed by atoms with Crippen molar-refractivity contribution in [3.63, 3.8) is 0 Å². The van der Waals surface area contributed by atoms with Crippen molar-refractivity contribution in [3.8, 4) is 5.75 Å². The molecule has 0 N–H and O–H groups in total. The highest BCUT2D eigenvalue weighted by atomic mass is 32.2. The average molecular weight is 224 g/mol. The Morgan fingerprint density at radius 1 is 1.33 bits per heavy atom. The van der Waals surface area contributed by atoms with E-state index >= 15 is 0 Å². The van der Waals surface area contributed by atoms with Gasteiger partial charge in [0.1, 0.15) is 5.75 Å². The molecule has 0 aromatic heterocycles. The van der Waals surface area contributed by atoms with E-state index in [-0.39, 0.29) is 0 Å². The number of thioether (sulfide) groups is 1. The molecule has 1 aromatic carbocycles. The molecule has 0 atom stereocenters. The fourth-order valence-electron chi connectivity index (χ4n) is 1.39. The Kier molecular flexibility index (Phi) is 3.92. The van der Waals surface area contributed by atoms with Crippen LogP contribution in [0.1, 0.15) is 6.92 Å². The Hall–Kier alpha value is -0.670. The van der Waals surface area contributed by atoms with Gasteiger partial charge in [0.25, 0.3) is 0 Å². The summed E-state index contributed by atoms with van der Waals surface area (Å²) in [4.78, 5) is 1.31. The third-order valence-electron chi connectivity index (χ3n) is 2.33. The maximum atomic E-state index is 5.39. The summed E-state index contributed by atoms with van der Waals surface area (Å²) in [5, 5.41) is 0. The van der Waals surface area contributed by atoms with Crippen molar-refractivity contribution in [2.75, 3.05) is 25.6 Å². The molecule has 1 aromatic rings. The summed E-state index contributed by atoms with van der Waals surface area (Å²) in [7, 11) is 0. The van der Waals surface area contributed by atoms with Gasteiger partial charge in [-0.2, -0.15) is 0 Å². The Bertz CT molecular complexity index is 293. The lowest BCUT2D eigenvalue weighted by Crippen LogP contribution is -2.29. The lowest BCUT2D eigenvalue weighted by atomic mass is 10.1. The third kappa shape index (κ3) is 3.14. The quantitative estimate of drug-likeness (QED) is 0.717. The van der Waals surface area contributed by atoms with Gasteiger partial charge < -0.3 is 9.47 Å². The van der Waals surface area contributed by atoms with E-state index in [1.165, 1.54) is 4.90 Å². The molecule has 2 rings (SSSR count). The Morgan fingerprint density at radius 3 is 2.60 bits per heavy atom. The summed E-state index contributed by atoms with van der Waals surface area (Å²) in [5.41, 5.74) is 0. The standard InChI is InChI=1S/C12H16O2S/c1-2-14-11-3-5-12(6-4-11)15-9-10-7-13-8-10/h3-6,10H,2,7-9H2,1H3. The van der Waals surface area contributed by atoms with Gasteiger partial charge in [0.2, 0.25) is 0 Å². The van der Waals surface area contributed by atoms with Crippen LogP contribution in [0.5, 0.6) is 5.75 Å². The monoisotopic (exact) mass is 224 g/mol. The van der Waals surface area contributed by atoms with Gasteiger partial charge in [-0.05, 0) is 31.2 Å². The Labute approximate surface area is 95.0 Å². The first-order chi connectivity index (χ1) is 7.38. The molecule has 1 saturated heterocycles. The van der Waals surface area contributed by atoms with Crippen LogP contribution in [0.4, 0.5) is 0 Å². The normalized spacial score (nSPS) is 16.1. The minimum absolute atomic E-state index is 0.728. The SMILES string of the molecule is CCOc1ccc(SCC2COC2)cc1. The molecule has 0 bridgehead atoms. The van der Waals surface area contributed by atoms with Crippen molar-refractivity contribution in [2.24, 2.45) is 5.92 Å². The molecule has 3 heteroatoms. The van der Waals surface area contributed by atoms with Crippen LogP contribution in [0.2, 0.25) is 0 Å². The van der Waals surface area contributed by atoms with Crippen molar-refractivity contribution in [1.29, 1.82) is 0 Å². The first-order valence-electron chi connectivity index (χ1n) is 5.32. The molecule has 1 fully saturated rings. The third-order valence-corrected chi connectivity index (χ3v) is 3.57. The van der Waals surface area contributed by atoms with Gasteiger partial charge >= 0.3 is 0 Å². The zero-order chi connectivity index (χ0) is 10.5. The van der Waals surface area contributed by atoms with Crippen molar-refractivity contribution in [3.05, 3.63) is 24.3 Å². The Morgan fingerprint density at radius 2 is 2.07 bits per heavy atom. The van der Waals surface area contributed by atoms with Crippen LogP contribution >= 0.6 is 11.8 Å². The van der Waals surface area contributed by atoms with Crippen LogP contribution in [0, 0.1) is 5.92 Å². The van der Waals surface area contributed by atoms with Crippen LogP contribution in [0.25, 0.3) is 0 Å². The van der Waals surface area contributed by atoms with E-state index in [1.807, 2.05) is 30.8 Å². The van der Waals surface area contributed by atoms with Crippen molar-refractivity contribution < 1.29 is 9.47 Å². The van der Waals surface area contributed by atoms with E-state index in [9.17, 15) is 0 Å². The number of rotatable bonds is 5. The molecule has 1 heterocycles. The van der Waals surface area contributed by atoms with Gasteiger partial charge in [-0.15, -0.1) is 11.8 Å². The van der Waals surface area contributed by atoms with Gasteiger partial charge in [0.05, 0.1) is 19.8 Å². The van der Waals surface area contributed by atoms with Crippen LogP contribution in [-0.2, 0) is 4.74 Å². The molecule has 1 aliphatic heterocycles. The second-order valence-corrected chi connectivity index (χ2v) is 4.71. The zero-order valence-electron chi connectivity index (χ0n) is 8.94. The van der Waals surface area contributed by atoms with E-state index < -0.39 is 0 Å². The summed E-state index contributed by atoms with van der Waals surface area (Å²) < 4.78 is 10.5. The second kappa shape index (κ2) is 5.42. The second-order valence-electron chi connectivity index (χ2n) is 3.62. The molecule has 0 saturated carbocycles. The molecular weight excluding hydrogens is 208 g/mol. The molecule has 0 aliphatic carbocycles. The summed E-state index contributed by atoms with van der Waals surface area (Å²) in [6.45, 7) is 4.60. The molecule has 0 radical (unpaired) electrons. The van der Waals surface area contributed by atoms with Crippen LogP contribution < -0.4 is 4.74 Å². The fraction of sp³-hybridized carbons (Fsp3) is 0.500. The predicted molar refractivity (Wildman–Crippen MR) is 62.6 cm³/mol. The van der Waals surface area contributed by atoms with Gasteiger partial charge in [-0.25, -0.2) is 0 Å². The van der Waals surface area contributed by atoms with Crippen LogP contribution in [0.15, 0.2) is 29.2 Å². The van der Waals surface area contributed by atoms with Gasteiger partial charge in [0, 0.05) is 16.6 Å². The molecule has 2 nitrogen and oxygen atoms in total. The summed E-state index contributed by atoms with van der Waals surface area (Å²) in [6.07, 6.45) is 0. The van der Waals surface area contributed by atoms with Crippen molar-refractivity contribution >= 4 is 11.8 Å². The molecule has 82 valence electrons. The van der Waals surface area contributed by atoms with Crippen LogP contribution in [0.3, 0.4) is 0 Å². The van der Waals surface area contributed by atoms with Gasteiger partial charge in [-0.3, -0.25) is 0 Å². The molecule has 1 aliphatic rings. The van der Waals surface area contributed by atoms with Crippen molar-refractivity contribution in [2.45, 2.75) is 11.8 Å². The topological polar surface area (TPSA) is 18.5 Å². The smallest absolute Gasteiger partial charge is 0.119 e. The highest BCUT2D eigenvalue weighted by Gasteiger charge is 2.17. The minimum atomic E-state index is 0.728. The maximum absolute atomic E-state index is 5.39. The van der Waals surface area contributed by atoms with E-state index in [0.29, 0.717) is 0 Å². The molecule has 0 spiro atoms. The zero-order valence-corrected chi connectivity index (χ0v) is 9.76. The molecule has 0 unspecified atom stereocenters. The van der Waals surface area contributed by atoms with Gasteiger partial charge in [0.15, 0.2) is 0 Å². The number of benzene rings is 1. The lowest BCUT2D eigenvalue weighted by Gasteiger charge is -2.25. The van der Waals surface area contributed by atoms with Crippen LogP contribution in [-0.4, -0.2) is 25.6 Å². The summed E-state index contributed by atoms with van der Waals surface area (Å²) in [5.74, 6) is 2.86. The number of hydrogen-bond donors (Lipinski definition) is 0. The maximum Gasteiger partial charge on any atom is 0.119 e. The summed E-state index contributed by atoms with van der Waals surface area (Å²) in [6, 6.07) is 8.30. The molecular formula is C12H16O2S. The number of ether oxygens (including phenoxy) is 2. The highest BCUT2D eigenvalue weighted by Crippen LogP contribution is 2.25. The largest absolute Gasteiger partial charge is 0.494 e. The first-order valence-corrected chi connectivity index (χ1v) is 6.30. The Balaban J connectivity index is 1.80. The minimum Gasteiger partial charge on any atom is -0.494 e. The van der Waals surface area contributed by atoms with Crippen molar-refractivity contribution in [1.82, 2.24) is 0 Å².